The van der Waals surface area contributed by atoms with Gasteiger partial charge in [0.2, 0.25) is 0 Å². The van der Waals surface area contributed by atoms with Crippen molar-refractivity contribution in [3.8, 4) is 0 Å². The molecule has 1 atom stereocenters. The summed E-state index contributed by atoms with van der Waals surface area (Å²) in [6.45, 7) is 7.81. The lowest BCUT2D eigenvalue weighted by molar-refractivity contribution is 0.0939. The quantitative estimate of drug-likeness (QED) is 0.922. The first-order chi connectivity index (χ1) is 11.1. The molecule has 0 aromatic heterocycles. The van der Waals surface area contributed by atoms with Crippen LogP contribution in [0.5, 0.6) is 0 Å². The first kappa shape index (κ1) is 18.2. The minimum absolute atomic E-state index is 0.129. The maximum Gasteiger partial charge on any atom is 0.252 e. The van der Waals surface area contributed by atoms with Crippen molar-refractivity contribution in [3.63, 3.8) is 0 Å². The van der Waals surface area contributed by atoms with Gasteiger partial charge in [-0.05, 0) is 68.1 Å². The first-order valence-corrected chi connectivity index (χ1v) is 9.67. The molecule has 0 radical (unpaired) electrons. The zero-order valence-corrected chi connectivity index (χ0v) is 15.5. The minimum Gasteiger partial charge on any atom is -0.346 e. The van der Waals surface area contributed by atoms with Crippen molar-refractivity contribution >= 4 is 15.7 Å². The normalized spacial score (nSPS) is 12.7. The number of rotatable bonds is 4. The van der Waals surface area contributed by atoms with Gasteiger partial charge in [-0.3, -0.25) is 4.79 Å². The predicted molar refractivity (Wildman–Crippen MR) is 96.1 cm³/mol. The van der Waals surface area contributed by atoms with E-state index in [2.05, 4.69) is 5.32 Å². The molecule has 0 saturated heterocycles. The number of carbonyl (C=O) groups is 1. The van der Waals surface area contributed by atoms with Gasteiger partial charge in [-0.2, -0.15) is 0 Å². The molecule has 1 N–H and O–H groups in total. The van der Waals surface area contributed by atoms with Crippen molar-refractivity contribution in [1.82, 2.24) is 5.32 Å². The molecule has 0 fully saturated rings. The molecule has 1 amide bonds. The van der Waals surface area contributed by atoms with Crippen LogP contribution in [0.4, 0.5) is 0 Å². The summed E-state index contributed by atoms with van der Waals surface area (Å²) in [7, 11) is -3.21. The molecular formula is C19H23NO3S. The van der Waals surface area contributed by atoms with E-state index in [0.717, 1.165) is 22.3 Å². The van der Waals surface area contributed by atoms with Gasteiger partial charge in [0.25, 0.3) is 5.91 Å². The summed E-state index contributed by atoms with van der Waals surface area (Å²) in [4.78, 5) is 12.8. The average molecular weight is 345 g/mol. The number of hydrogen-bond donors (Lipinski definition) is 1. The van der Waals surface area contributed by atoms with Crippen LogP contribution in [-0.2, 0) is 9.84 Å². The van der Waals surface area contributed by atoms with E-state index in [4.69, 9.17) is 0 Å². The average Bonchev–Trinajstić information content (AvgIpc) is 2.50. The van der Waals surface area contributed by atoms with Gasteiger partial charge in [0.05, 0.1) is 10.9 Å². The Balaban J connectivity index is 2.19. The van der Waals surface area contributed by atoms with Crippen LogP contribution in [0, 0.1) is 20.8 Å². The van der Waals surface area contributed by atoms with Gasteiger partial charge >= 0.3 is 0 Å². The van der Waals surface area contributed by atoms with Crippen LogP contribution in [0.25, 0.3) is 0 Å². The summed E-state index contributed by atoms with van der Waals surface area (Å²) >= 11 is 0. The molecule has 0 unspecified atom stereocenters. The van der Waals surface area contributed by atoms with Crippen molar-refractivity contribution in [1.29, 1.82) is 0 Å². The Morgan fingerprint density at radius 3 is 2.04 bits per heavy atom. The van der Waals surface area contributed by atoms with Gasteiger partial charge in [-0.15, -0.1) is 0 Å². The lowest BCUT2D eigenvalue weighted by atomic mass is 10.00. The molecule has 2 aromatic rings. The standard InChI is InChI=1S/C19H23NO3S/c1-12-10-14(3)18(11-13(12)2)19(21)20-15(4)16-6-8-17(9-7-16)24(5,22)23/h6-11,15H,1-5H3,(H,20,21)/t15-/m1/s1. The van der Waals surface area contributed by atoms with E-state index in [0.29, 0.717) is 5.56 Å². The number of carbonyl (C=O) groups excluding carboxylic acids is 1. The molecule has 128 valence electrons. The first-order valence-electron chi connectivity index (χ1n) is 7.78. The largest absolute Gasteiger partial charge is 0.346 e. The number of hydrogen-bond acceptors (Lipinski definition) is 3. The molecule has 0 heterocycles. The molecular weight excluding hydrogens is 322 g/mol. The van der Waals surface area contributed by atoms with E-state index in [9.17, 15) is 13.2 Å². The number of aryl methyl sites for hydroxylation is 3. The third-order valence-corrected chi connectivity index (χ3v) is 5.37. The second-order valence-corrected chi connectivity index (χ2v) is 8.30. The minimum atomic E-state index is -3.21. The second-order valence-electron chi connectivity index (χ2n) is 6.29. The van der Waals surface area contributed by atoms with Crippen LogP contribution in [0.2, 0.25) is 0 Å². The highest BCUT2D eigenvalue weighted by atomic mass is 32.2. The maximum atomic E-state index is 12.5. The second kappa shape index (κ2) is 6.77. The summed E-state index contributed by atoms with van der Waals surface area (Å²) in [5, 5.41) is 2.97. The molecule has 0 saturated carbocycles. The summed E-state index contributed by atoms with van der Waals surface area (Å²) < 4.78 is 23.0. The number of benzene rings is 2. The Bertz CT molecular complexity index is 868. The van der Waals surface area contributed by atoms with Crippen LogP contribution in [0.1, 0.15) is 45.6 Å². The van der Waals surface area contributed by atoms with Crippen LogP contribution in [-0.4, -0.2) is 20.6 Å². The van der Waals surface area contributed by atoms with E-state index >= 15 is 0 Å². The molecule has 0 aliphatic heterocycles. The van der Waals surface area contributed by atoms with E-state index in [1.165, 1.54) is 6.26 Å². The van der Waals surface area contributed by atoms with Gasteiger partial charge in [0.1, 0.15) is 0 Å². The zero-order valence-electron chi connectivity index (χ0n) is 14.7. The van der Waals surface area contributed by atoms with E-state index in [-0.39, 0.29) is 16.8 Å². The predicted octanol–water partition coefficient (Wildman–Crippen LogP) is 3.51. The molecule has 0 bridgehead atoms. The zero-order chi connectivity index (χ0) is 18.1. The fourth-order valence-corrected chi connectivity index (χ4v) is 3.20. The highest BCUT2D eigenvalue weighted by Gasteiger charge is 2.15. The van der Waals surface area contributed by atoms with Crippen LogP contribution < -0.4 is 5.32 Å². The van der Waals surface area contributed by atoms with Crippen molar-refractivity contribution in [3.05, 3.63) is 64.2 Å². The number of nitrogens with one attached hydrogen (secondary N) is 1. The van der Waals surface area contributed by atoms with E-state index in [1.54, 1.807) is 24.3 Å². The Morgan fingerprint density at radius 2 is 1.50 bits per heavy atom. The van der Waals surface area contributed by atoms with E-state index in [1.807, 2.05) is 39.8 Å². The van der Waals surface area contributed by atoms with Gasteiger partial charge in [0.15, 0.2) is 9.84 Å². The summed E-state index contributed by atoms with van der Waals surface area (Å²) in [6, 6.07) is 10.3. The highest BCUT2D eigenvalue weighted by molar-refractivity contribution is 7.90. The third kappa shape index (κ3) is 4.03. The molecule has 24 heavy (non-hydrogen) atoms. The van der Waals surface area contributed by atoms with Gasteiger partial charge in [-0.1, -0.05) is 18.2 Å². The molecule has 0 spiro atoms. The monoisotopic (exact) mass is 345 g/mol. The van der Waals surface area contributed by atoms with Crippen molar-refractivity contribution < 1.29 is 13.2 Å². The summed E-state index contributed by atoms with van der Waals surface area (Å²) in [5.74, 6) is -0.129. The lowest BCUT2D eigenvalue weighted by Crippen LogP contribution is -2.27. The Morgan fingerprint density at radius 1 is 0.958 bits per heavy atom. The fourth-order valence-electron chi connectivity index (χ4n) is 2.57. The third-order valence-electron chi connectivity index (χ3n) is 4.24. The molecule has 0 aliphatic carbocycles. The maximum absolute atomic E-state index is 12.5. The molecule has 0 aliphatic rings. The summed E-state index contributed by atoms with van der Waals surface area (Å²) in [5.41, 5.74) is 4.70. The highest BCUT2D eigenvalue weighted by Crippen LogP contribution is 2.19. The Labute approximate surface area is 143 Å². The lowest BCUT2D eigenvalue weighted by Gasteiger charge is -2.16. The van der Waals surface area contributed by atoms with Crippen molar-refractivity contribution in [2.45, 2.75) is 38.6 Å². The number of sulfone groups is 1. The molecule has 2 rings (SSSR count). The van der Waals surface area contributed by atoms with Crippen LogP contribution >= 0.6 is 0 Å². The van der Waals surface area contributed by atoms with Gasteiger partial charge < -0.3 is 5.32 Å². The Hall–Kier alpha value is -2.14. The van der Waals surface area contributed by atoms with Crippen molar-refractivity contribution in [2.75, 3.05) is 6.26 Å². The van der Waals surface area contributed by atoms with Crippen molar-refractivity contribution in [2.24, 2.45) is 0 Å². The fraction of sp³-hybridized carbons (Fsp3) is 0.316. The topological polar surface area (TPSA) is 63.2 Å². The Kier molecular flexibility index (Phi) is 5.13. The van der Waals surface area contributed by atoms with Crippen LogP contribution in [0.3, 0.4) is 0 Å². The molecule has 2 aromatic carbocycles. The SMILES string of the molecule is Cc1cc(C)c(C(=O)N[C@H](C)c2ccc(S(C)(=O)=O)cc2)cc1C. The summed E-state index contributed by atoms with van der Waals surface area (Å²) in [6.07, 6.45) is 1.18. The molecule has 4 nitrogen and oxygen atoms in total. The van der Waals surface area contributed by atoms with E-state index < -0.39 is 9.84 Å². The van der Waals surface area contributed by atoms with Gasteiger partial charge in [0, 0.05) is 11.8 Å². The smallest absolute Gasteiger partial charge is 0.252 e. The molecule has 5 heteroatoms. The van der Waals surface area contributed by atoms with Gasteiger partial charge in [-0.25, -0.2) is 8.42 Å². The van der Waals surface area contributed by atoms with Crippen LogP contribution in [0.15, 0.2) is 41.3 Å². The number of amides is 1.